The minimum Gasteiger partial charge on any atom is -0.550 e. The Bertz CT molecular complexity index is 756. The number of carboxylic acids is 1. The van der Waals surface area contributed by atoms with Crippen LogP contribution in [0.1, 0.15) is 41.6 Å². The van der Waals surface area contributed by atoms with Gasteiger partial charge in [-0.05, 0) is 49.1 Å². The van der Waals surface area contributed by atoms with Crippen molar-refractivity contribution >= 4 is 23.5 Å². The molecule has 2 rings (SSSR count). The van der Waals surface area contributed by atoms with Crippen molar-refractivity contribution in [2.45, 2.75) is 25.7 Å². The first kappa shape index (κ1) is 19.2. The number of ether oxygens (including phenoxy) is 1. The third-order valence-corrected chi connectivity index (χ3v) is 3.80. The van der Waals surface area contributed by atoms with Gasteiger partial charge in [0.05, 0.1) is 12.2 Å². The summed E-state index contributed by atoms with van der Waals surface area (Å²) in [6.45, 7) is 2.01. The molecule has 0 aliphatic heterocycles. The topological polar surface area (TPSA) is 95.5 Å². The van der Waals surface area contributed by atoms with E-state index in [1.54, 1.807) is 55.5 Å². The van der Waals surface area contributed by atoms with Gasteiger partial charge in [0.2, 0.25) is 5.91 Å². The Morgan fingerprint density at radius 3 is 2.23 bits per heavy atom. The van der Waals surface area contributed by atoms with Crippen LogP contribution in [-0.4, -0.2) is 24.5 Å². The number of esters is 1. The second kappa shape index (κ2) is 9.36. The zero-order valence-electron chi connectivity index (χ0n) is 14.4. The van der Waals surface area contributed by atoms with Crippen molar-refractivity contribution in [1.82, 2.24) is 0 Å². The van der Waals surface area contributed by atoms with Gasteiger partial charge in [0.15, 0.2) is 0 Å². The number of hydrogen-bond donors (Lipinski definition) is 1. The van der Waals surface area contributed by atoms with Crippen LogP contribution in [0.2, 0.25) is 0 Å². The average molecular weight is 354 g/mol. The molecular formula is C20H20NO5-. The smallest absolute Gasteiger partial charge is 0.338 e. The van der Waals surface area contributed by atoms with E-state index < -0.39 is 17.9 Å². The number of nitrogens with one attached hydrogen (secondary N) is 1. The average Bonchev–Trinajstić information content (AvgIpc) is 2.62. The van der Waals surface area contributed by atoms with Crippen LogP contribution in [0.5, 0.6) is 0 Å². The van der Waals surface area contributed by atoms with Crippen LogP contribution in [-0.2, 0) is 14.3 Å². The van der Waals surface area contributed by atoms with Gasteiger partial charge >= 0.3 is 5.97 Å². The lowest BCUT2D eigenvalue weighted by Crippen LogP contribution is -2.26. The van der Waals surface area contributed by atoms with Gasteiger partial charge in [0.1, 0.15) is 0 Å². The van der Waals surface area contributed by atoms with Crippen LogP contribution >= 0.6 is 0 Å². The number of carbonyl (C=O) groups excluding carboxylic acids is 3. The van der Waals surface area contributed by atoms with Crippen molar-refractivity contribution in [3.05, 3.63) is 65.7 Å². The fourth-order valence-corrected chi connectivity index (χ4v) is 2.57. The third-order valence-electron chi connectivity index (χ3n) is 3.80. The normalized spacial score (nSPS) is 11.4. The van der Waals surface area contributed by atoms with Gasteiger partial charge in [-0.3, -0.25) is 4.79 Å². The Morgan fingerprint density at radius 1 is 1.00 bits per heavy atom. The number of carboxylic acid groups (broad SMARTS) is 1. The van der Waals surface area contributed by atoms with Crippen molar-refractivity contribution in [1.29, 1.82) is 0 Å². The summed E-state index contributed by atoms with van der Waals surface area (Å²) in [6, 6.07) is 15.3. The number of benzene rings is 2. The second-order valence-corrected chi connectivity index (χ2v) is 5.73. The number of rotatable bonds is 8. The first-order valence-corrected chi connectivity index (χ1v) is 8.31. The highest BCUT2D eigenvalue weighted by Gasteiger charge is 2.17. The summed E-state index contributed by atoms with van der Waals surface area (Å²) < 4.78 is 4.90. The maximum absolute atomic E-state index is 12.3. The third kappa shape index (κ3) is 5.73. The lowest BCUT2D eigenvalue weighted by molar-refractivity contribution is -0.306. The summed E-state index contributed by atoms with van der Waals surface area (Å²) in [5, 5.41) is 13.7. The molecule has 1 amide bonds. The highest BCUT2D eigenvalue weighted by atomic mass is 16.5. The van der Waals surface area contributed by atoms with Crippen molar-refractivity contribution < 1.29 is 24.2 Å². The molecule has 1 unspecified atom stereocenters. The molecule has 26 heavy (non-hydrogen) atoms. The molecule has 0 aliphatic carbocycles. The summed E-state index contributed by atoms with van der Waals surface area (Å²) >= 11 is 0. The minimum atomic E-state index is -1.20. The molecule has 0 radical (unpaired) electrons. The highest BCUT2D eigenvalue weighted by Crippen LogP contribution is 2.24. The lowest BCUT2D eigenvalue weighted by atomic mass is 9.92. The standard InChI is InChI=1S/C20H21NO5/c1-2-26-20(25)15-8-10-17(11-9-15)21-18(22)12-16(13-19(23)24)14-6-4-3-5-7-14/h3-11,16H,2,12-13H2,1H3,(H,21,22)(H,23,24)/p-1. The first-order chi connectivity index (χ1) is 12.5. The number of carbonyl (C=O) groups is 3. The number of aliphatic carboxylic acids is 1. The van der Waals surface area contributed by atoms with Gasteiger partial charge in [-0.2, -0.15) is 0 Å². The molecule has 0 aliphatic rings. The minimum absolute atomic E-state index is 0.0115. The lowest BCUT2D eigenvalue weighted by Gasteiger charge is -2.17. The van der Waals surface area contributed by atoms with Crippen LogP contribution in [0.25, 0.3) is 0 Å². The second-order valence-electron chi connectivity index (χ2n) is 5.73. The molecule has 0 saturated heterocycles. The number of hydrogen-bond acceptors (Lipinski definition) is 5. The van der Waals surface area contributed by atoms with Crippen molar-refractivity contribution in [2.75, 3.05) is 11.9 Å². The van der Waals surface area contributed by atoms with Gasteiger partial charge in [0, 0.05) is 18.1 Å². The van der Waals surface area contributed by atoms with Gasteiger partial charge in [0.25, 0.3) is 0 Å². The van der Waals surface area contributed by atoms with Crippen molar-refractivity contribution in [2.24, 2.45) is 0 Å². The maximum atomic E-state index is 12.3. The van der Waals surface area contributed by atoms with Crippen LogP contribution in [0.15, 0.2) is 54.6 Å². The maximum Gasteiger partial charge on any atom is 0.338 e. The quantitative estimate of drug-likeness (QED) is 0.733. The van der Waals surface area contributed by atoms with Crippen LogP contribution < -0.4 is 10.4 Å². The summed E-state index contributed by atoms with van der Waals surface area (Å²) in [6.07, 6.45) is -0.225. The highest BCUT2D eigenvalue weighted by molar-refractivity contribution is 5.93. The van der Waals surface area contributed by atoms with E-state index in [1.807, 2.05) is 6.07 Å². The molecule has 0 spiro atoms. The first-order valence-electron chi connectivity index (χ1n) is 8.31. The van der Waals surface area contributed by atoms with E-state index in [9.17, 15) is 19.5 Å². The Hall–Kier alpha value is -3.15. The van der Waals surface area contributed by atoms with E-state index in [0.29, 0.717) is 11.3 Å². The predicted molar refractivity (Wildman–Crippen MR) is 94.5 cm³/mol. The van der Waals surface area contributed by atoms with Gasteiger partial charge < -0.3 is 20.0 Å². The van der Waals surface area contributed by atoms with Gasteiger partial charge in [-0.25, -0.2) is 4.79 Å². The monoisotopic (exact) mass is 354 g/mol. The fraction of sp³-hybridized carbons (Fsp3) is 0.250. The summed E-state index contributed by atoms with van der Waals surface area (Å²) in [5.41, 5.74) is 1.68. The number of amides is 1. The molecule has 2 aromatic carbocycles. The largest absolute Gasteiger partial charge is 0.550 e. The fourth-order valence-electron chi connectivity index (χ4n) is 2.57. The summed E-state index contributed by atoms with van der Waals surface area (Å²) in [7, 11) is 0. The molecule has 136 valence electrons. The zero-order valence-corrected chi connectivity index (χ0v) is 14.4. The van der Waals surface area contributed by atoms with Gasteiger partial charge in [-0.1, -0.05) is 30.3 Å². The molecular weight excluding hydrogens is 334 g/mol. The summed E-state index contributed by atoms with van der Waals surface area (Å²) in [5.74, 6) is -2.42. The molecule has 0 fully saturated rings. The molecule has 0 bridgehead atoms. The van der Waals surface area contributed by atoms with Gasteiger partial charge in [-0.15, -0.1) is 0 Å². The Kier molecular flexibility index (Phi) is 6.91. The van der Waals surface area contributed by atoms with E-state index in [0.717, 1.165) is 5.56 Å². The van der Waals surface area contributed by atoms with Crippen LogP contribution in [0, 0.1) is 0 Å². The van der Waals surface area contributed by atoms with Crippen LogP contribution in [0.4, 0.5) is 5.69 Å². The van der Waals surface area contributed by atoms with E-state index >= 15 is 0 Å². The van der Waals surface area contributed by atoms with E-state index in [4.69, 9.17) is 4.74 Å². The molecule has 0 aromatic heterocycles. The molecule has 1 N–H and O–H groups in total. The molecule has 2 aromatic rings. The molecule has 6 nitrogen and oxygen atoms in total. The Balaban J connectivity index is 2.01. The molecule has 0 heterocycles. The SMILES string of the molecule is CCOC(=O)c1ccc(NC(=O)CC(CC(=O)[O-])c2ccccc2)cc1. The Labute approximate surface area is 151 Å². The predicted octanol–water partition coefficient (Wildman–Crippen LogP) is 2.12. The summed E-state index contributed by atoms with van der Waals surface area (Å²) in [4.78, 5) is 34.9. The molecule has 0 saturated carbocycles. The van der Waals surface area contributed by atoms with Crippen molar-refractivity contribution in [3.63, 3.8) is 0 Å². The van der Waals surface area contributed by atoms with E-state index in [1.165, 1.54) is 0 Å². The Morgan fingerprint density at radius 2 is 1.65 bits per heavy atom. The van der Waals surface area contributed by atoms with E-state index in [2.05, 4.69) is 5.32 Å². The zero-order chi connectivity index (χ0) is 18.9. The van der Waals surface area contributed by atoms with E-state index in [-0.39, 0.29) is 25.4 Å². The molecule has 1 atom stereocenters. The number of anilines is 1. The molecule has 6 heteroatoms. The van der Waals surface area contributed by atoms with Crippen LogP contribution in [0.3, 0.4) is 0 Å². The van der Waals surface area contributed by atoms with Crippen molar-refractivity contribution in [3.8, 4) is 0 Å².